The van der Waals surface area contributed by atoms with Crippen LogP contribution in [0, 0.1) is 0 Å². The molecule has 0 radical (unpaired) electrons. The molecule has 1 heterocycles. The van der Waals surface area contributed by atoms with Crippen LogP contribution in [0.1, 0.15) is 22.8 Å². The molecule has 0 unspecified atom stereocenters. The zero-order chi connectivity index (χ0) is 18.0. The smallest absolute Gasteiger partial charge is 0.339 e. The lowest BCUT2D eigenvalue weighted by atomic mass is 10.2. The van der Waals surface area contributed by atoms with Crippen LogP contribution < -0.4 is 11.1 Å². The molecule has 130 valence electrons. The number of fused-ring (bicyclic) bond motifs is 1. The molecule has 0 fully saturated rings. The minimum Gasteiger partial charge on any atom is -0.462 e. The lowest BCUT2D eigenvalue weighted by molar-refractivity contribution is 0.0526. The summed E-state index contributed by atoms with van der Waals surface area (Å²) in [5, 5.41) is 3.96. The molecule has 0 bridgehead atoms. The number of H-pyrrole nitrogens is 1. The van der Waals surface area contributed by atoms with Crippen LogP contribution in [0.5, 0.6) is 0 Å². The van der Waals surface area contributed by atoms with Gasteiger partial charge in [0.05, 0.1) is 38.9 Å². The molecule has 0 saturated heterocycles. The summed E-state index contributed by atoms with van der Waals surface area (Å²) >= 11 is 12.4. The van der Waals surface area contributed by atoms with E-state index in [9.17, 15) is 4.79 Å². The molecule has 3 rings (SSSR count). The van der Waals surface area contributed by atoms with E-state index in [1.807, 2.05) is 12.1 Å². The minimum absolute atomic E-state index is 0.274. The van der Waals surface area contributed by atoms with E-state index in [0.717, 1.165) is 5.56 Å². The Hall–Kier alpha value is -2.28. The molecule has 0 atom stereocenters. The second kappa shape index (κ2) is 7.31. The number of esters is 1. The molecule has 2 aromatic carbocycles. The van der Waals surface area contributed by atoms with Gasteiger partial charge in [0.2, 0.25) is 5.95 Å². The number of nitrogens with two attached hydrogens (primary N) is 1. The molecule has 25 heavy (non-hydrogen) atoms. The summed E-state index contributed by atoms with van der Waals surface area (Å²) < 4.78 is 5.00. The maximum Gasteiger partial charge on any atom is 0.339 e. The van der Waals surface area contributed by atoms with E-state index >= 15 is 0 Å². The van der Waals surface area contributed by atoms with Crippen LogP contribution in [0.2, 0.25) is 10.0 Å². The van der Waals surface area contributed by atoms with Gasteiger partial charge in [-0.3, -0.25) is 0 Å². The van der Waals surface area contributed by atoms with Gasteiger partial charge in [-0.1, -0.05) is 29.3 Å². The van der Waals surface area contributed by atoms with Crippen molar-refractivity contribution in [3.8, 4) is 0 Å². The quantitative estimate of drug-likeness (QED) is 0.577. The van der Waals surface area contributed by atoms with Crippen molar-refractivity contribution in [1.29, 1.82) is 0 Å². The number of anilines is 2. The summed E-state index contributed by atoms with van der Waals surface area (Å²) in [5.74, 6) is -0.00579. The summed E-state index contributed by atoms with van der Waals surface area (Å²) in [6.07, 6.45) is 0. The zero-order valence-corrected chi connectivity index (χ0v) is 14.9. The second-order valence-electron chi connectivity index (χ2n) is 5.30. The summed E-state index contributed by atoms with van der Waals surface area (Å²) in [5.41, 5.74) is 8.82. The normalized spacial score (nSPS) is 10.9. The zero-order valence-electron chi connectivity index (χ0n) is 13.4. The van der Waals surface area contributed by atoms with Gasteiger partial charge < -0.3 is 20.8 Å². The number of ether oxygens (including phenoxy) is 1. The Morgan fingerprint density at radius 2 is 2.08 bits per heavy atom. The van der Waals surface area contributed by atoms with Crippen LogP contribution in [-0.2, 0) is 11.3 Å². The van der Waals surface area contributed by atoms with Crippen molar-refractivity contribution < 1.29 is 9.53 Å². The second-order valence-corrected chi connectivity index (χ2v) is 6.11. The van der Waals surface area contributed by atoms with Crippen molar-refractivity contribution in [2.75, 3.05) is 11.9 Å². The fourth-order valence-electron chi connectivity index (χ4n) is 2.38. The highest BCUT2D eigenvalue weighted by molar-refractivity contribution is 6.34. The Labute approximate surface area is 154 Å². The summed E-state index contributed by atoms with van der Waals surface area (Å²) in [7, 11) is 0. The summed E-state index contributed by atoms with van der Waals surface area (Å²) in [4.78, 5) is 19.5. The number of benzene rings is 2. The molecule has 8 heteroatoms. The first-order valence-electron chi connectivity index (χ1n) is 7.63. The maximum atomic E-state index is 11.9. The highest BCUT2D eigenvalue weighted by atomic mass is 35.5. The largest absolute Gasteiger partial charge is 0.462 e. The third-order valence-corrected chi connectivity index (χ3v) is 4.23. The number of aromatic nitrogens is 2. The lowest BCUT2D eigenvalue weighted by Crippen LogP contribution is -2.05. The van der Waals surface area contributed by atoms with Crippen LogP contribution >= 0.6 is 23.2 Å². The Kier molecular flexibility index (Phi) is 5.13. The van der Waals surface area contributed by atoms with Crippen LogP contribution in [-0.4, -0.2) is 22.5 Å². The van der Waals surface area contributed by atoms with Gasteiger partial charge in [-0.25, -0.2) is 9.78 Å². The van der Waals surface area contributed by atoms with Crippen LogP contribution in [0.3, 0.4) is 0 Å². The topological polar surface area (TPSA) is 93.0 Å². The third-order valence-electron chi connectivity index (χ3n) is 3.59. The third kappa shape index (κ3) is 3.71. The number of nitrogens with one attached hydrogen (secondary N) is 2. The molecule has 6 nitrogen and oxygen atoms in total. The van der Waals surface area contributed by atoms with Gasteiger partial charge in [-0.2, -0.15) is 0 Å². The summed E-state index contributed by atoms with van der Waals surface area (Å²) in [6.45, 7) is 2.42. The van der Waals surface area contributed by atoms with Crippen molar-refractivity contribution in [2.24, 2.45) is 5.73 Å². The first-order valence-corrected chi connectivity index (χ1v) is 8.39. The van der Waals surface area contributed by atoms with Crippen molar-refractivity contribution in [3.63, 3.8) is 0 Å². The number of carbonyl (C=O) groups excluding carboxylic acids is 1. The molecule has 0 aliphatic carbocycles. The first-order chi connectivity index (χ1) is 12.0. The molecule has 0 saturated carbocycles. The Balaban J connectivity index is 1.95. The van der Waals surface area contributed by atoms with E-state index in [4.69, 9.17) is 33.7 Å². The number of halogens is 2. The Bertz CT molecular complexity index is 940. The standard InChI is InChI=1S/C17H16Cl2N4O2/c1-2-25-16(24)10-6-14-15(7-12(10)19)23-17(22-14)21-13-5-9(8-20)3-4-11(13)18/h3-7H,2,8,20H2,1H3,(H2,21,22,23). The highest BCUT2D eigenvalue weighted by Crippen LogP contribution is 2.28. The van der Waals surface area contributed by atoms with Crippen molar-refractivity contribution in [2.45, 2.75) is 13.5 Å². The van der Waals surface area contributed by atoms with E-state index in [0.29, 0.717) is 39.3 Å². The fraction of sp³-hybridized carbons (Fsp3) is 0.176. The van der Waals surface area contributed by atoms with Gasteiger partial charge >= 0.3 is 5.97 Å². The molecule has 4 N–H and O–H groups in total. The van der Waals surface area contributed by atoms with E-state index in [1.165, 1.54) is 0 Å². The van der Waals surface area contributed by atoms with Crippen LogP contribution in [0.25, 0.3) is 11.0 Å². The van der Waals surface area contributed by atoms with Crippen molar-refractivity contribution in [3.05, 3.63) is 51.5 Å². The Morgan fingerprint density at radius 3 is 2.80 bits per heavy atom. The van der Waals surface area contributed by atoms with Gasteiger partial charge in [0, 0.05) is 6.54 Å². The number of hydrogen-bond acceptors (Lipinski definition) is 5. The number of carbonyl (C=O) groups is 1. The van der Waals surface area contributed by atoms with E-state index in [1.54, 1.807) is 25.1 Å². The Morgan fingerprint density at radius 1 is 1.28 bits per heavy atom. The minimum atomic E-state index is -0.481. The van der Waals surface area contributed by atoms with E-state index in [2.05, 4.69) is 15.3 Å². The van der Waals surface area contributed by atoms with Crippen LogP contribution in [0.15, 0.2) is 30.3 Å². The average molecular weight is 379 g/mol. The fourth-order valence-corrected chi connectivity index (χ4v) is 2.78. The van der Waals surface area contributed by atoms with Gasteiger partial charge in [-0.05, 0) is 36.8 Å². The molecule has 0 amide bonds. The molecule has 3 aromatic rings. The van der Waals surface area contributed by atoms with Crippen molar-refractivity contribution in [1.82, 2.24) is 9.97 Å². The number of aromatic amines is 1. The van der Waals surface area contributed by atoms with Crippen molar-refractivity contribution >= 4 is 51.8 Å². The number of nitrogens with zero attached hydrogens (tertiary/aromatic N) is 1. The van der Waals surface area contributed by atoms with E-state index < -0.39 is 5.97 Å². The average Bonchev–Trinajstić information content (AvgIpc) is 2.97. The van der Waals surface area contributed by atoms with Gasteiger partial charge in [0.25, 0.3) is 0 Å². The van der Waals surface area contributed by atoms with Gasteiger partial charge in [0.15, 0.2) is 0 Å². The first kappa shape index (κ1) is 17.5. The molecule has 0 aliphatic heterocycles. The number of imidazole rings is 1. The molecule has 0 aliphatic rings. The lowest BCUT2D eigenvalue weighted by Gasteiger charge is -2.07. The molecular weight excluding hydrogens is 363 g/mol. The summed E-state index contributed by atoms with van der Waals surface area (Å²) in [6, 6.07) is 8.71. The molecule has 0 spiro atoms. The predicted molar refractivity (Wildman–Crippen MR) is 99.7 cm³/mol. The predicted octanol–water partition coefficient (Wildman–Crippen LogP) is 4.25. The number of rotatable bonds is 5. The van der Waals surface area contributed by atoms with Crippen LogP contribution in [0.4, 0.5) is 11.6 Å². The monoisotopic (exact) mass is 378 g/mol. The highest BCUT2D eigenvalue weighted by Gasteiger charge is 2.15. The number of hydrogen-bond donors (Lipinski definition) is 3. The maximum absolute atomic E-state index is 11.9. The molecule has 1 aromatic heterocycles. The SMILES string of the molecule is CCOC(=O)c1cc2nc(Nc3cc(CN)ccc3Cl)[nH]c2cc1Cl. The molecular formula is C17H16Cl2N4O2. The van der Waals surface area contributed by atoms with Gasteiger partial charge in [-0.15, -0.1) is 0 Å². The van der Waals surface area contributed by atoms with Gasteiger partial charge in [0.1, 0.15) is 0 Å². The van der Waals surface area contributed by atoms with E-state index in [-0.39, 0.29) is 12.2 Å².